The summed E-state index contributed by atoms with van der Waals surface area (Å²) in [6.45, 7) is 4.42. The molecule has 144 valence electrons. The molecule has 6 nitrogen and oxygen atoms in total. The Balaban J connectivity index is 1.30. The number of likely N-dealkylation sites (tertiary alicyclic amines) is 1. The van der Waals surface area contributed by atoms with Gasteiger partial charge in [0.2, 0.25) is 0 Å². The van der Waals surface area contributed by atoms with Gasteiger partial charge in [-0.3, -0.25) is 4.79 Å². The highest BCUT2D eigenvalue weighted by Crippen LogP contribution is 2.35. The largest absolute Gasteiger partial charge is 0.459 e. The molecule has 1 N–H and O–H groups in total. The highest BCUT2D eigenvalue weighted by molar-refractivity contribution is 5.82. The number of hydrogen-bond acceptors (Lipinski definition) is 3. The predicted molar refractivity (Wildman–Crippen MR) is 106 cm³/mol. The Morgan fingerprint density at radius 1 is 1.14 bits per heavy atom. The van der Waals surface area contributed by atoms with E-state index in [2.05, 4.69) is 5.32 Å². The number of aromatic nitrogens is 1. The molecule has 5 rings (SSSR count). The lowest BCUT2D eigenvalue weighted by atomic mass is 9.83. The molecule has 28 heavy (non-hydrogen) atoms. The highest BCUT2D eigenvalue weighted by Gasteiger charge is 2.36. The van der Waals surface area contributed by atoms with E-state index in [4.69, 9.17) is 4.42 Å². The second kappa shape index (κ2) is 6.55. The zero-order valence-electron chi connectivity index (χ0n) is 15.9. The lowest BCUT2D eigenvalue weighted by molar-refractivity contribution is 0.130. The van der Waals surface area contributed by atoms with Crippen LogP contribution in [0.5, 0.6) is 0 Å². The Morgan fingerprint density at radius 3 is 2.86 bits per heavy atom. The van der Waals surface area contributed by atoms with Gasteiger partial charge in [-0.25, -0.2) is 4.79 Å². The van der Waals surface area contributed by atoms with Gasteiger partial charge in [-0.15, -0.1) is 0 Å². The van der Waals surface area contributed by atoms with Gasteiger partial charge >= 0.3 is 6.03 Å². The Hall–Kier alpha value is -3.02. The molecule has 2 bridgehead atoms. The number of rotatable bonds is 2. The lowest BCUT2D eigenvalue weighted by Gasteiger charge is -2.42. The number of furan rings is 1. The Kier molecular flexibility index (Phi) is 4.00. The van der Waals surface area contributed by atoms with Gasteiger partial charge in [-0.05, 0) is 31.4 Å². The van der Waals surface area contributed by atoms with Crippen LogP contribution in [0.25, 0.3) is 11.0 Å². The van der Waals surface area contributed by atoms with Crippen LogP contribution < -0.4 is 10.9 Å². The van der Waals surface area contributed by atoms with Crippen LogP contribution in [0, 0.1) is 12.8 Å². The van der Waals surface area contributed by atoms with Crippen molar-refractivity contribution >= 4 is 17.0 Å². The van der Waals surface area contributed by atoms with E-state index < -0.39 is 0 Å². The van der Waals surface area contributed by atoms with Gasteiger partial charge in [0, 0.05) is 48.3 Å². The first kappa shape index (κ1) is 17.1. The molecule has 2 aromatic heterocycles. The molecular weight excluding hydrogens is 354 g/mol. The molecule has 2 aliphatic rings. The van der Waals surface area contributed by atoms with E-state index in [0.29, 0.717) is 32.1 Å². The van der Waals surface area contributed by atoms with E-state index in [1.54, 1.807) is 6.07 Å². The number of carbonyl (C=O) groups excluding carboxylic acids is 1. The Bertz CT molecular complexity index is 1110. The molecule has 3 aromatic rings. The van der Waals surface area contributed by atoms with Crippen LogP contribution in [0.3, 0.4) is 0 Å². The number of nitrogens with zero attached hydrogens (tertiary/aromatic N) is 2. The fourth-order valence-electron chi connectivity index (χ4n) is 4.72. The monoisotopic (exact) mass is 377 g/mol. The number of amides is 2. The van der Waals surface area contributed by atoms with Gasteiger partial charge in [0.25, 0.3) is 5.56 Å². The van der Waals surface area contributed by atoms with E-state index in [0.717, 1.165) is 34.4 Å². The molecule has 0 unspecified atom stereocenters. The van der Waals surface area contributed by atoms with Crippen molar-refractivity contribution in [1.29, 1.82) is 0 Å². The third kappa shape index (κ3) is 2.80. The van der Waals surface area contributed by atoms with Crippen molar-refractivity contribution < 1.29 is 9.21 Å². The zero-order valence-corrected chi connectivity index (χ0v) is 15.9. The van der Waals surface area contributed by atoms with Gasteiger partial charge in [-0.1, -0.05) is 24.3 Å². The first-order valence-electron chi connectivity index (χ1n) is 9.79. The Morgan fingerprint density at radius 2 is 2.00 bits per heavy atom. The summed E-state index contributed by atoms with van der Waals surface area (Å²) in [4.78, 5) is 26.8. The minimum atomic E-state index is -0.0683. The molecule has 1 fully saturated rings. The fraction of sp³-hybridized carbons (Fsp3) is 0.364. The van der Waals surface area contributed by atoms with E-state index in [-0.39, 0.29) is 17.5 Å². The van der Waals surface area contributed by atoms with Crippen molar-refractivity contribution in [2.24, 2.45) is 5.92 Å². The summed E-state index contributed by atoms with van der Waals surface area (Å²) in [5.41, 5.74) is 3.03. The molecule has 0 spiro atoms. The zero-order chi connectivity index (χ0) is 19.3. The molecule has 0 saturated carbocycles. The van der Waals surface area contributed by atoms with Crippen LogP contribution in [-0.2, 0) is 13.1 Å². The van der Waals surface area contributed by atoms with Crippen molar-refractivity contribution in [3.63, 3.8) is 0 Å². The van der Waals surface area contributed by atoms with Gasteiger partial charge in [-0.2, -0.15) is 0 Å². The summed E-state index contributed by atoms with van der Waals surface area (Å²) in [5, 5.41) is 4.10. The van der Waals surface area contributed by atoms with Gasteiger partial charge in [0.15, 0.2) is 0 Å². The molecule has 4 heterocycles. The van der Waals surface area contributed by atoms with Crippen molar-refractivity contribution in [2.45, 2.75) is 32.4 Å². The average Bonchev–Trinajstić information content (AvgIpc) is 3.03. The second-order valence-corrected chi connectivity index (χ2v) is 7.91. The molecule has 0 radical (unpaired) electrons. The highest BCUT2D eigenvalue weighted by atomic mass is 16.3. The topological polar surface area (TPSA) is 67.5 Å². The summed E-state index contributed by atoms with van der Waals surface area (Å²) in [6, 6.07) is 13.3. The normalized spacial score (nSPS) is 20.8. The van der Waals surface area contributed by atoms with Crippen LogP contribution in [0.15, 0.2) is 51.7 Å². The number of aryl methyl sites for hydroxylation is 1. The van der Waals surface area contributed by atoms with E-state index in [9.17, 15) is 9.59 Å². The number of pyridine rings is 1. The SMILES string of the molecule is Cc1c(CNC(=O)N2C[C@@H]3C[C@H](C2)c2cccc(=O)n2C3)oc2ccccc12. The molecular formula is C22H23N3O3. The number of para-hydroxylation sites is 1. The average molecular weight is 377 g/mol. The summed E-state index contributed by atoms with van der Waals surface area (Å²) in [7, 11) is 0. The molecule has 2 amide bonds. The predicted octanol–water partition coefficient (Wildman–Crippen LogP) is 3.23. The second-order valence-electron chi connectivity index (χ2n) is 7.91. The standard InChI is InChI=1S/C22H23N3O3/c1-14-17-5-2-3-7-19(17)28-20(14)10-23-22(27)24-11-15-9-16(13-24)18-6-4-8-21(26)25(18)12-15/h2-8,15-16H,9-13H2,1H3,(H,23,27)/t15-,16+/m0/s1. The van der Waals surface area contributed by atoms with Crippen LogP contribution in [0.4, 0.5) is 4.79 Å². The van der Waals surface area contributed by atoms with Crippen molar-refractivity contribution in [2.75, 3.05) is 13.1 Å². The first-order valence-corrected chi connectivity index (χ1v) is 9.79. The number of urea groups is 1. The number of piperidine rings is 1. The molecule has 1 aromatic carbocycles. The number of fused-ring (bicyclic) bond motifs is 5. The number of carbonyl (C=O) groups is 1. The van der Waals surface area contributed by atoms with Crippen LogP contribution in [0.2, 0.25) is 0 Å². The summed E-state index contributed by atoms with van der Waals surface area (Å²) in [6.07, 6.45) is 1.04. The molecule has 6 heteroatoms. The van der Waals surface area contributed by atoms with E-state index in [1.165, 1.54) is 0 Å². The number of benzene rings is 1. The molecule has 1 saturated heterocycles. The fourth-order valence-corrected chi connectivity index (χ4v) is 4.72. The summed E-state index contributed by atoms with van der Waals surface area (Å²) in [5.74, 6) is 1.34. The maximum Gasteiger partial charge on any atom is 0.317 e. The quantitative estimate of drug-likeness (QED) is 0.746. The maximum absolute atomic E-state index is 12.8. The van der Waals surface area contributed by atoms with Gasteiger partial charge in [0.05, 0.1) is 6.54 Å². The van der Waals surface area contributed by atoms with E-state index >= 15 is 0 Å². The van der Waals surface area contributed by atoms with Crippen LogP contribution in [-0.4, -0.2) is 28.6 Å². The van der Waals surface area contributed by atoms with Gasteiger partial charge in [0.1, 0.15) is 11.3 Å². The van der Waals surface area contributed by atoms with Crippen LogP contribution >= 0.6 is 0 Å². The number of nitrogens with one attached hydrogen (secondary N) is 1. The van der Waals surface area contributed by atoms with Gasteiger partial charge < -0.3 is 19.2 Å². The van der Waals surface area contributed by atoms with Crippen molar-refractivity contribution in [3.8, 4) is 0 Å². The summed E-state index contributed by atoms with van der Waals surface area (Å²) >= 11 is 0. The molecule has 0 aliphatic carbocycles. The first-order chi connectivity index (χ1) is 13.6. The number of hydrogen-bond donors (Lipinski definition) is 1. The summed E-state index contributed by atoms with van der Waals surface area (Å²) < 4.78 is 7.78. The van der Waals surface area contributed by atoms with Crippen molar-refractivity contribution in [3.05, 3.63) is 69.8 Å². The maximum atomic E-state index is 12.8. The minimum absolute atomic E-state index is 0.0606. The molecule has 2 aliphatic heterocycles. The molecule has 2 atom stereocenters. The van der Waals surface area contributed by atoms with Crippen LogP contribution in [0.1, 0.15) is 29.4 Å². The Labute approximate surface area is 162 Å². The van der Waals surface area contributed by atoms with E-state index in [1.807, 2.05) is 52.8 Å². The third-order valence-electron chi connectivity index (χ3n) is 6.11. The third-order valence-corrected chi connectivity index (χ3v) is 6.11. The minimum Gasteiger partial charge on any atom is -0.459 e. The lowest BCUT2D eigenvalue weighted by Crippen LogP contribution is -2.51. The van der Waals surface area contributed by atoms with Crippen molar-refractivity contribution in [1.82, 2.24) is 14.8 Å². The smallest absolute Gasteiger partial charge is 0.317 e.